The second-order valence-electron chi connectivity index (χ2n) is 7.19. The maximum atomic E-state index is 11.0. The van der Waals surface area contributed by atoms with E-state index in [-0.39, 0.29) is 11.4 Å². The van der Waals surface area contributed by atoms with Gasteiger partial charge in [-0.15, -0.1) is 0 Å². The van der Waals surface area contributed by atoms with Crippen LogP contribution in [0.15, 0.2) is 70.6 Å². The van der Waals surface area contributed by atoms with E-state index in [4.69, 9.17) is 0 Å². The second kappa shape index (κ2) is 6.70. The summed E-state index contributed by atoms with van der Waals surface area (Å²) >= 11 is 0. The number of nitro benzene ring substituents is 2. The van der Waals surface area contributed by atoms with Crippen LogP contribution in [0.5, 0.6) is 0 Å². The predicted octanol–water partition coefficient (Wildman–Crippen LogP) is 4.86. The van der Waals surface area contributed by atoms with Crippen molar-refractivity contribution in [1.29, 1.82) is 0 Å². The molecule has 8 nitrogen and oxygen atoms in total. The summed E-state index contributed by atoms with van der Waals surface area (Å²) in [5.41, 5.74) is 6.98. The number of non-ortho nitro benzene ring substituents is 2. The quantitative estimate of drug-likeness (QED) is 0.461. The Kier molecular flexibility index (Phi) is 3.99. The van der Waals surface area contributed by atoms with E-state index in [1.807, 2.05) is 24.3 Å². The Labute approximate surface area is 170 Å². The minimum absolute atomic E-state index is 0.0691. The number of benzene rings is 3. The van der Waals surface area contributed by atoms with Crippen LogP contribution < -0.4 is 0 Å². The van der Waals surface area contributed by atoms with E-state index in [0.717, 1.165) is 45.1 Å². The molecule has 2 heterocycles. The summed E-state index contributed by atoms with van der Waals surface area (Å²) in [4.78, 5) is 30.4. The smallest absolute Gasteiger partial charge is 0.258 e. The van der Waals surface area contributed by atoms with Gasteiger partial charge in [0.2, 0.25) is 0 Å². The first-order valence-corrected chi connectivity index (χ1v) is 9.28. The SMILES string of the molecule is O=[N+]([O-])c1ccc2c(c1)CC(c1ccc(C3=Nc4ccc([N+](=O)[O-])cc4C3)cc1)=N2. The van der Waals surface area contributed by atoms with Crippen molar-refractivity contribution in [3.8, 4) is 0 Å². The average Bonchev–Trinajstić information content (AvgIpc) is 3.36. The molecule has 0 spiro atoms. The zero-order chi connectivity index (χ0) is 20.8. The third-order valence-corrected chi connectivity index (χ3v) is 5.33. The molecule has 3 aromatic carbocycles. The van der Waals surface area contributed by atoms with E-state index >= 15 is 0 Å². The maximum absolute atomic E-state index is 11.0. The molecule has 8 heteroatoms. The normalized spacial score (nSPS) is 14.0. The molecule has 146 valence electrons. The molecule has 0 fully saturated rings. The molecule has 0 amide bonds. The number of aliphatic imine (C=N–C) groups is 2. The van der Waals surface area contributed by atoms with Crippen molar-refractivity contribution in [3.63, 3.8) is 0 Å². The average molecular weight is 398 g/mol. The van der Waals surface area contributed by atoms with Gasteiger partial charge in [-0.25, -0.2) is 0 Å². The molecule has 30 heavy (non-hydrogen) atoms. The van der Waals surface area contributed by atoms with Crippen LogP contribution >= 0.6 is 0 Å². The number of fused-ring (bicyclic) bond motifs is 2. The van der Waals surface area contributed by atoms with Crippen LogP contribution in [0.4, 0.5) is 22.7 Å². The zero-order valence-electron chi connectivity index (χ0n) is 15.6. The van der Waals surface area contributed by atoms with Crippen molar-refractivity contribution in [2.45, 2.75) is 12.8 Å². The summed E-state index contributed by atoms with van der Waals surface area (Å²) in [6.45, 7) is 0. The topological polar surface area (TPSA) is 111 Å². The van der Waals surface area contributed by atoms with Gasteiger partial charge in [-0.05, 0) is 34.4 Å². The Morgan fingerprint density at radius 1 is 0.633 bits per heavy atom. The molecule has 2 aliphatic heterocycles. The Morgan fingerprint density at radius 3 is 1.40 bits per heavy atom. The first-order valence-electron chi connectivity index (χ1n) is 9.28. The van der Waals surface area contributed by atoms with Gasteiger partial charge < -0.3 is 0 Å². The molecule has 0 atom stereocenters. The van der Waals surface area contributed by atoms with E-state index in [9.17, 15) is 20.2 Å². The molecule has 0 bridgehead atoms. The van der Waals surface area contributed by atoms with Crippen LogP contribution in [0, 0.1) is 20.2 Å². The summed E-state index contributed by atoms with van der Waals surface area (Å²) in [5, 5.41) is 21.9. The van der Waals surface area contributed by atoms with Gasteiger partial charge in [-0.3, -0.25) is 30.2 Å². The molecule has 2 aliphatic rings. The van der Waals surface area contributed by atoms with E-state index in [1.54, 1.807) is 24.3 Å². The number of rotatable bonds is 4. The summed E-state index contributed by atoms with van der Waals surface area (Å²) < 4.78 is 0. The highest BCUT2D eigenvalue weighted by Crippen LogP contribution is 2.33. The first-order chi connectivity index (χ1) is 14.5. The Hall–Kier alpha value is -4.20. The minimum atomic E-state index is -0.401. The Bertz CT molecular complexity index is 1190. The largest absolute Gasteiger partial charge is 0.269 e. The van der Waals surface area contributed by atoms with Crippen molar-refractivity contribution in [2.24, 2.45) is 9.98 Å². The first kappa shape index (κ1) is 17.9. The Morgan fingerprint density at radius 2 is 1.03 bits per heavy atom. The van der Waals surface area contributed by atoms with Crippen LogP contribution in [0.1, 0.15) is 22.3 Å². The molecule has 0 radical (unpaired) electrons. The van der Waals surface area contributed by atoms with Crippen LogP contribution in [-0.4, -0.2) is 21.3 Å². The molecule has 0 saturated heterocycles. The van der Waals surface area contributed by atoms with Gasteiger partial charge in [-0.1, -0.05) is 24.3 Å². The van der Waals surface area contributed by atoms with Gasteiger partial charge in [0.05, 0.1) is 32.6 Å². The summed E-state index contributed by atoms with van der Waals surface area (Å²) in [6.07, 6.45) is 1.10. The lowest BCUT2D eigenvalue weighted by Crippen LogP contribution is -2.04. The molecule has 0 saturated carbocycles. The van der Waals surface area contributed by atoms with Crippen molar-refractivity contribution < 1.29 is 9.85 Å². The van der Waals surface area contributed by atoms with Crippen LogP contribution in [-0.2, 0) is 12.8 Å². The van der Waals surface area contributed by atoms with E-state index in [1.165, 1.54) is 12.1 Å². The lowest BCUT2D eigenvalue weighted by molar-refractivity contribution is -0.385. The minimum Gasteiger partial charge on any atom is -0.258 e. The zero-order valence-corrected chi connectivity index (χ0v) is 15.6. The maximum Gasteiger partial charge on any atom is 0.269 e. The van der Waals surface area contributed by atoms with E-state index in [0.29, 0.717) is 12.8 Å². The summed E-state index contributed by atoms with van der Waals surface area (Å²) in [5.74, 6) is 0. The number of hydrogen-bond donors (Lipinski definition) is 0. The van der Waals surface area contributed by atoms with E-state index < -0.39 is 9.85 Å². The van der Waals surface area contributed by atoms with Gasteiger partial charge in [0.15, 0.2) is 0 Å². The fourth-order valence-corrected chi connectivity index (χ4v) is 3.79. The Balaban J connectivity index is 1.36. The molecular formula is C22H14N4O4. The molecule has 3 aromatic rings. The van der Waals surface area contributed by atoms with Crippen molar-refractivity contribution in [1.82, 2.24) is 0 Å². The third kappa shape index (κ3) is 3.04. The lowest BCUT2D eigenvalue weighted by atomic mass is 9.99. The van der Waals surface area contributed by atoms with Gasteiger partial charge in [0, 0.05) is 37.1 Å². The molecule has 0 aromatic heterocycles. The van der Waals surface area contributed by atoms with Crippen LogP contribution in [0.3, 0.4) is 0 Å². The molecule has 0 aliphatic carbocycles. The molecule has 0 unspecified atom stereocenters. The van der Waals surface area contributed by atoms with Gasteiger partial charge in [0.25, 0.3) is 11.4 Å². The van der Waals surface area contributed by atoms with Crippen molar-refractivity contribution in [3.05, 3.63) is 103 Å². The number of hydrogen-bond acceptors (Lipinski definition) is 6. The van der Waals surface area contributed by atoms with Crippen molar-refractivity contribution >= 4 is 34.2 Å². The number of nitrogens with zero attached hydrogens (tertiary/aromatic N) is 4. The fraction of sp³-hybridized carbons (Fsp3) is 0.0909. The highest BCUT2D eigenvalue weighted by molar-refractivity contribution is 6.09. The van der Waals surface area contributed by atoms with Crippen LogP contribution in [0.25, 0.3) is 0 Å². The lowest BCUT2D eigenvalue weighted by Gasteiger charge is -2.04. The highest BCUT2D eigenvalue weighted by Gasteiger charge is 2.21. The highest BCUT2D eigenvalue weighted by atomic mass is 16.6. The van der Waals surface area contributed by atoms with Gasteiger partial charge in [0.1, 0.15) is 0 Å². The van der Waals surface area contributed by atoms with Gasteiger partial charge >= 0.3 is 0 Å². The van der Waals surface area contributed by atoms with Gasteiger partial charge in [-0.2, -0.15) is 0 Å². The van der Waals surface area contributed by atoms with Crippen LogP contribution in [0.2, 0.25) is 0 Å². The molecule has 5 rings (SSSR count). The fourth-order valence-electron chi connectivity index (χ4n) is 3.79. The van der Waals surface area contributed by atoms with E-state index in [2.05, 4.69) is 9.98 Å². The monoisotopic (exact) mass is 398 g/mol. The molecular weight excluding hydrogens is 384 g/mol. The standard InChI is InChI=1S/C22H14N4O4/c27-25(28)17-5-7-19-15(9-17)11-21(23-19)13-1-2-14(4-3-13)22-12-16-10-18(26(29)30)6-8-20(16)24-22/h1-10H,11-12H2. The van der Waals surface area contributed by atoms with Crippen molar-refractivity contribution in [2.75, 3.05) is 0 Å². The number of nitro groups is 2. The second-order valence-corrected chi connectivity index (χ2v) is 7.19. The molecule has 0 N–H and O–H groups in total. The summed E-state index contributed by atoms with van der Waals surface area (Å²) in [7, 11) is 0. The summed E-state index contributed by atoms with van der Waals surface area (Å²) in [6, 6.07) is 17.3. The third-order valence-electron chi connectivity index (χ3n) is 5.33. The predicted molar refractivity (Wildman–Crippen MR) is 112 cm³/mol.